The number of nitrogens with zero attached hydrogens (tertiary/aromatic N) is 2. The summed E-state index contributed by atoms with van der Waals surface area (Å²) in [5.74, 6) is 0.162. The van der Waals surface area contributed by atoms with Crippen LogP contribution in [0, 0.1) is 13.8 Å². The molecular formula is C22H16N2O2S. The molecule has 0 unspecified atom stereocenters. The molecule has 5 heteroatoms. The molecule has 2 aromatic heterocycles. The Morgan fingerprint density at radius 2 is 1.85 bits per heavy atom. The van der Waals surface area contributed by atoms with Crippen LogP contribution < -0.4 is 10.1 Å². The molecular weight excluding hydrogens is 356 g/mol. The maximum Gasteiger partial charge on any atom is 0.274 e. The fourth-order valence-corrected chi connectivity index (χ4v) is 4.45. The van der Waals surface area contributed by atoms with Gasteiger partial charge in [-0.2, -0.15) is 0 Å². The molecule has 0 atom stereocenters. The monoisotopic (exact) mass is 372 g/mol. The average molecular weight is 372 g/mol. The van der Waals surface area contributed by atoms with Gasteiger partial charge in [0.15, 0.2) is 4.96 Å². The van der Waals surface area contributed by atoms with Gasteiger partial charge in [0, 0.05) is 5.56 Å². The van der Waals surface area contributed by atoms with Crippen molar-refractivity contribution in [1.29, 1.82) is 0 Å². The summed E-state index contributed by atoms with van der Waals surface area (Å²) in [6, 6.07) is 15.4. The third-order valence-electron chi connectivity index (χ3n) is 5.08. The number of rotatable bonds is 1. The zero-order chi connectivity index (χ0) is 18.7. The van der Waals surface area contributed by atoms with Crippen LogP contribution in [0.15, 0.2) is 53.3 Å². The van der Waals surface area contributed by atoms with Crippen LogP contribution in [0.5, 0.6) is 5.75 Å². The summed E-state index contributed by atoms with van der Waals surface area (Å²) in [6.07, 6.45) is 1.77. The highest BCUT2D eigenvalue weighted by Gasteiger charge is 2.13. The molecule has 5 rings (SSSR count). The maximum absolute atomic E-state index is 13.1. The summed E-state index contributed by atoms with van der Waals surface area (Å²) < 4.78 is 2.23. The number of aromatic hydroxyl groups is 1. The van der Waals surface area contributed by atoms with Crippen molar-refractivity contribution in [3.8, 4) is 5.75 Å². The fraction of sp³-hybridized carbons (Fsp3) is 0.0909. The zero-order valence-corrected chi connectivity index (χ0v) is 15.7. The van der Waals surface area contributed by atoms with Crippen molar-refractivity contribution >= 4 is 44.2 Å². The largest absolute Gasteiger partial charge is 0.507 e. The first kappa shape index (κ1) is 16.0. The van der Waals surface area contributed by atoms with Gasteiger partial charge >= 0.3 is 0 Å². The van der Waals surface area contributed by atoms with Gasteiger partial charge in [-0.3, -0.25) is 4.79 Å². The molecule has 0 aliphatic carbocycles. The van der Waals surface area contributed by atoms with Gasteiger partial charge < -0.3 is 5.11 Å². The summed E-state index contributed by atoms with van der Waals surface area (Å²) in [6.45, 7) is 4.08. The van der Waals surface area contributed by atoms with Crippen LogP contribution in [0.1, 0.15) is 16.7 Å². The van der Waals surface area contributed by atoms with E-state index in [0.717, 1.165) is 32.9 Å². The predicted molar refractivity (Wildman–Crippen MR) is 111 cm³/mol. The Bertz CT molecular complexity index is 1480. The van der Waals surface area contributed by atoms with E-state index >= 15 is 0 Å². The van der Waals surface area contributed by atoms with Gasteiger partial charge in [-0.25, -0.2) is 9.38 Å². The minimum absolute atomic E-state index is 0.104. The Kier molecular flexibility index (Phi) is 3.36. The van der Waals surface area contributed by atoms with Crippen LogP contribution in [0.3, 0.4) is 0 Å². The van der Waals surface area contributed by atoms with E-state index < -0.39 is 0 Å². The minimum atomic E-state index is -0.104. The molecule has 0 amide bonds. The third-order valence-corrected chi connectivity index (χ3v) is 6.05. The van der Waals surface area contributed by atoms with Crippen molar-refractivity contribution in [1.82, 2.24) is 9.38 Å². The average Bonchev–Trinajstić information content (AvgIpc) is 3.14. The summed E-state index contributed by atoms with van der Waals surface area (Å²) in [7, 11) is 0. The van der Waals surface area contributed by atoms with Gasteiger partial charge in [-0.05, 0) is 60.0 Å². The van der Waals surface area contributed by atoms with Crippen LogP contribution in [-0.4, -0.2) is 14.5 Å². The van der Waals surface area contributed by atoms with Crippen LogP contribution >= 0.6 is 11.3 Å². The molecule has 0 saturated carbocycles. The fourth-order valence-electron chi connectivity index (χ4n) is 3.49. The van der Waals surface area contributed by atoms with E-state index in [0.29, 0.717) is 15.1 Å². The lowest BCUT2D eigenvalue weighted by atomic mass is 10.0. The van der Waals surface area contributed by atoms with E-state index in [9.17, 15) is 9.90 Å². The lowest BCUT2D eigenvalue weighted by Crippen LogP contribution is -2.22. The summed E-state index contributed by atoms with van der Waals surface area (Å²) in [5, 5.41) is 12.3. The van der Waals surface area contributed by atoms with Crippen molar-refractivity contribution in [2.45, 2.75) is 13.8 Å². The Morgan fingerprint density at radius 3 is 2.70 bits per heavy atom. The molecule has 0 radical (unpaired) electrons. The smallest absolute Gasteiger partial charge is 0.274 e. The maximum atomic E-state index is 13.1. The van der Waals surface area contributed by atoms with Crippen molar-refractivity contribution in [3.05, 3.63) is 80.1 Å². The highest BCUT2D eigenvalue weighted by atomic mass is 32.1. The molecule has 0 fully saturated rings. The molecule has 5 aromatic rings. The first-order valence-corrected chi connectivity index (χ1v) is 9.49. The van der Waals surface area contributed by atoms with Crippen molar-refractivity contribution < 1.29 is 5.11 Å². The third kappa shape index (κ3) is 2.35. The van der Waals surface area contributed by atoms with Gasteiger partial charge in [-0.1, -0.05) is 41.7 Å². The predicted octanol–water partition coefficient (Wildman–Crippen LogP) is 3.93. The van der Waals surface area contributed by atoms with Crippen LogP contribution in [0.2, 0.25) is 0 Å². The van der Waals surface area contributed by atoms with Crippen LogP contribution in [0.4, 0.5) is 0 Å². The highest BCUT2D eigenvalue weighted by molar-refractivity contribution is 7.15. The zero-order valence-electron chi connectivity index (χ0n) is 14.9. The second kappa shape index (κ2) is 5.66. The van der Waals surface area contributed by atoms with Crippen LogP contribution in [-0.2, 0) is 0 Å². The molecule has 0 aliphatic rings. The van der Waals surface area contributed by atoms with Gasteiger partial charge in [-0.15, -0.1) is 0 Å². The van der Waals surface area contributed by atoms with E-state index in [2.05, 4.69) is 4.98 Å². The molecule has 27 heavy (non-hydrogen) atoms. The normalized spacial score (nSPS) is 12.6. The summed E-state index contributed by atoms with van der Waals surface area (Å²) >= 11 is 1.35. The summed E-state index contributed by atoms with van der Waals surface area (Å²) in [4.78, 5) is 18.4. The second-order valence-electron chi connectivity index (χ2n) is 6.79. The number of phenolic OH excluding ortho intramolecular Hbond substituents is 1. The number of aromatic nitrogens is 2. The topological polar surface area (TPSA) is 54.6 Å². The highest BCUT2D eigenvalue weighted by Crippen LogP contribution is 2.28. The number of benzene rings is 3. The first-order chi connectivity index (χ1) is 13.0. The van der Waals surface area contributed by atoms with Gasteiger partial charge in [0.1, 0.15) is 5.75 Å². The lowest BCUT2D eigenvalue weighted by Gasteiger charge is -2.04. The molecule has 2 heterocycles. The van der Waals surface area contributed by atoms with E-state index in [-0.39, 0.29) is 11.3 Å². The Balaban J connectivity index is 1.85. The van der Waals surface area contributed by atoms with E-state index in [1.807, 2.05) is 56.3 Å². The first-order valence-electron chi connectivity index (χ1n) is 8.67. The summed E-state index contributed by atoms with van der Waals surface area (Å²) in [5.41, 5.74) is 4.51. The van der Waals surface area contributed by atoms with Gasteiger partial charge in [0.25, 0.3) is 5.56 Å². The Labute approximate surface area is 158 Å². The van der Waals surface area contributed by atoms with Crippen molar-refractivity contribution in [2.75, 3.05) is 0 Å². The molecule has 0 saturated heterocycles. The lowest BCUT2D eigenvalue weighted by molar-refractivity contribution is 0.475. The number of fused-ring (bicyclic) bond motifs is 4. The minimum Gasteiger partial charge on any atom is -0.507 e. The molecule has 0 aliphatic heterocycles. The Morgan fingerprint density at radius 1 is 1.07 bits per heavy atom. The molecule has 0 bridgehead atoms. The van der Waals surface area contributed by atoms with Gasteiger partial charge in [0.05, 0.1) is 15.6 Å². The Hall–Kier alpha value is -3.18. The molecule has 0 spiro atoms. The SMILES string of the molecule is Cc1cc2nc3s/c(=C\c4c(O)ccc5ccccc45)c(=O)n3c2cc1C. The molecule has 4 nitrogen and oxygen atoms in total. The van der Waals surface area contributed by atoms with E-state index in [4.69, 9.17) is 0 Å². The molecule has 1 N–H and O–H groups in total. The van der Waals surface area contributed by atoms with Gasteiger partial charge in [0.2, 0.25) is 0 Å². The number of aryl methyl sites for hydroxylation is 2. The van der Waals surface area contributed by atoms with Crippen LogP contribution in [0.25, 0.3) is 32.8 Å². The van der Waals surface area contributed by atoms with Crippen molar-refractivity contribution in [2.24, 2.45) is 0 Å². The number of imidazole rings is 1. The van der Waals surface area contributed by atoms with E-state index in [1.54, 1.807) is 16.5 Å². The molecule has 3 aromatic carbocycles. The quantitative estimate of drug-likeness (QED) is 0.485. The number of hydrogen-bond donors (Lipinski definition) is 1. The number of hydrogen-bond acceptors (Lipinski definition) is 4. The van der Waals surface area contributed by atoms with E-state index in [1.165, 1.54) is 11.3 Å². The van der Waals surface area contributed by atoms with Crippen molar-refractivity contribution in [3.63, 3.8) is 0 Å². The number of phenols is 1. The number of thiazole rings is 1. The molecule has 132 valence electrons. The standard InChI is InChI=1S/C22H16N2O2S/c1-12-9-17-18(10-13(12)2)24-21(26)20(27-22(24)23-17)11-16-15-6-4-3-5-14(15)7-8-19(16)25/h3-11,25H,1-2H3/b20-11-. The second-order valence-corrected chi connectivity index (χ2v) is 7.80.